The van der Waals surface area contributed by atoms with Gasteiger partial charge in [0.15, 0.2) is 0 Å². The van der Waals surface area contributed by atoms with Gasteiger partial charge in [-0.25, -0.2) is 8.42 Å². The Balaban J connectivity index is 2.46. The predicted octanol–water partition coefficient (Wildman–Crippen LogP) is 5.13. The molecule has 2 amide bonds. The lowest BCUT2D eigenvalue weighted by atomic mass is 10.1. The molecule has 0 unspecified atom stereocenters. The van der Waals surface area contributed by atoms with E-state index in [0.29, 0.717) is 27.1 Å². The number of sulfonamides is 1. The van der Waals surface area contributed by atoms with Crippen molar-refractivity contribution in [3.05, 3.63) is 63.1 Å². The highest BCUT2D eigenvalue weighted by Gasteiger charge is 2.32. The van der Waals surface area contributed by atoms with Gasteiger partial charge < -0.3 is 10.2 Å². The summed E-state index contributed by atoms with van der Waals surface area (Å²) >= 11 is 18.3. The molecule has 0 fully saturated rings. The second kappa shape index (κ2) is 12.8. The van der Waals surface area contributed by atoms with E-state index in [-0.39, 0.29) is 24.2 Å². The average Bonchev–Trinajstić information content (AvgIpc) is 2.78. The Morgan fingerprint density at radius 3 is 2.23 bits per heavy atom. The van der Waals surface area contributed by atoms with Crippen molar-refractivity contribution >= 4 is 62.3 Å². The first-order valence-corrected chi connectivity index (χ1v) is 14.1. The van der Waals surface area contributed by atoms with E-state index in [0.717, 1.165) is 17.0 Å². The minimum atomic E-state index is -3.84. The summed E-state index contributed by atoms with van der Waals surface area (Å²) in [5, 5.41) is 3.92. The molecule has 35 heavy (non-hydrogen) atoms. The van der Waals surface area contributed by atoms with Crippen LogP contribution < -0.4 is 9.62 Å². The van der Waals surface area contributed by atoms with E-state index in [1.165, 1.54) is 11.0 Å². The van der Waals surface area contributed by atoms with Crippen molar-refractivity contribution in [1.82, 2.24) is 10.2 Å². The van der Waals surface area contributed by atoms with Gasteiger partial charge in [-0.05, 0) is 55.7 Å². The molecule has 0 spiro atoms. The number of hydrogen-bond donors (Lipinski definition) is 1. The van der Waals surface area contributed by atoms with E-state index in [2.05, 4.69) is 5.32 Å². The highest BCUT2D eigenvalue weighted by atomic mass is 35.5. The zero-order valence-electron chi connectivity index (χ0n) is 20.1. The second-order valence-electron chi connectivity index (χ2n) is 8.26. The lowest BCUT2D eigenvalue weighted by Gasteiger charge is -2.33. The van der Waals surface area contributed by atoms with Crippen LogP contribution in [0.1, 0.15) is 39.2 Å². The Morgan fingerprint density at radius 1 is 1.00 bits per heavy atom. The molecule has 0 heterocycles. The average molecular weight is 563 g/mol. The highest BCUT2D eigenvalue weighted by molar-refractivity contribution is 7.92. The van der Waals surface area contributed by atoms with Crippen LogP contribution in [0.4, 0.5) is 5.69 Å². The van der Waals surface area contributed by atoms with Crippen molar-refractivity contribution in [2.45, 2.75) is 52.2 Å². The number of halogens is 3. The Bertz CT molecular complexity index is 1160. The molecule has 0 aliphatic rings. The van der Waals surface area contributed by atoms with Crippen molar-refractivity contribution < 1.29 is 18.0 Å². The van der Waals surface area contributed by atoms with Crippen LogP contribution in [0.5, 0.6) is 0 Å². The van der Waals surface area contributed by atoms with Gasteiger partial charge in [0.1, 0.15) is 12.6 Å². The maximum atomic E-state index is 13.6. The molecule has 2 rings (SSSR count). The summed E-state index contributed by atoms with van der Waals surface area (Å²) in [6.07, 6.45) is 2.06. The topological polar surface area (TPSA) is 86.8 Å². The number of carbonyl (C=O) groups is 2. The van der Waals surface area contributed by atoms with Crippen LogP contribution in [0.15, 0.2) is 42.5 Å². The molecule has 0 aliphatic carbocycles. The van der Waals surface area contributed by atoms with Gasteiger partial charge >= 0.3 is 0 Å². The Morgan fingerprint density at radius 2 is 1.69 bits per heavy atom. The second-order valence-corrected chi connectivity index (χ2v) is 11.4. The fourth-order valence-electron chi connectivity index (χ4n) is 3.44. The highest BCUT2D eigenvalue weighted by Crippen LogP contribution is 2.25. The van der Waals surface area contributed by atoms with E-state index < -0.39 is 28.5 Å². The molecule has 192 valence electrons. The summed E-state index contributed by atoms with van der Waals surface area (Å²) in [4.78, 5) is 28.1. The first kappa shape index (κ1) is 29.2. The molecular formula is C24H30Cl3N3O4S. The van der Waals surface area contributed by atoms with Crippen LogP contribution in [-0.4, -0.2) is 50.0 Å². The van der Waals surface area contributed by atoms with Crippen LogP contribution in [0.25, 0.3) is 0 Å². The Labute approximate surface area is 222 Å². The van der Waals surface area contributed by atoms with E-state index in [9.17, 15) is 18.0 Å². The van der Waals surface area contributed by atoms with Gasteiger partial charge in [-0.15, -0.1) is 0 Å². The third kappa shape index (κ3) is 8.27. The van der Waals surface area contributed by atoms with Crippen molar-refractivity contribution in [2.75, 3.05) is 17.1 Å². The van der Waals surface area contributed by atoms with E-state index in [4.69, 9.17) is 34.8 Å². The predicted molar refractivity (Wildman–Crippen MR) is 143 cm³/mol. The summed E-state index contributed by atoms with van der Waals surface area (Å²) < 4.78 is 26.2. The zero-order valence-corrected chi connectivity index (χ0v) is 23.2. The molecule has 1 N–H and O–H groups in total. The van der Waals surface area contributed by atoms with Crippen LogP contribution in [-0.2, 0) is 26.2 Å². The van der Waals surface area contributed by atoms with Crippen LogP contribution >= 0.6 is 34.8 Å². The molecular weight excluding hydrogens is 533 g/mol. The van der Waals surface area contributed by atoms with E-state index in [1.54, 1.807) is 43.3 Å². The van der Waals surface area contributed by atoms with Gasteiger partial charge in [0, 0.05) is 17.6 Å². The van der Waals surface area contributed by atoms with Crippen LogP contribution in [0.2, 0.25) is 15.1 Å². The fraction of sp³-hybridized carbons (Fsp3) is 0.417. The number of amides is 2. The number of carbonyl (C=O) groups excluding carboxylic acids is 2. The molecule has 0 aromatic heterocycles. The summed E-state index contributed by atoms with van der Waals surface area (Å²) in [5.41, 5.74) is 0.899. The fourth-order valence-corrected chi connectivity index (χ4v) is 4.79. The first-order valence-electron chi connectivity index (χ1n) is 11.1. The minimum Gasteiger partial charge on any atom is -0.352 e. The van der Waals surface area contributed by atoms with Gasteiger partial charge in [-0.2, -0.15) is 0 Å². The normalized spacial score (nSPS) is 13.1. The standard InChI is InChI=1S/C24H30Cl3N3O4S/c1-5-16(3)28-24(32)22(6-2)29(14-17-10-11-20(26)21(27)12-17)23(31)15-30(35(4,33)34)19-9-7-8-18(25)13-19/h7-13,16,22H,5-6,14-15H2,1-4H3,(H,28,32)/t16-,22-/m1/s1. The van der Waals surface area contributed by atoms with Gasteiger partial charge in [0.2, 0.25) is 21.8 Å². The van der Waals surface area contributed by atoms with E-state index in [1.807, 2.05) is 13.8 Å². The smallest absolute Gasteiger partial charge is 0.244 e. The molecule has 0 radical (unpaired) electrons. The minimum absolute atomic E-state index is 0.0370. The number of nitrogens with zero attached hydrogens (tertiary/aromatic N) is 2. The Hall–Kier alpha value is -2.00. The number of hydrogen-bond acceptors (Lipinski definition) is 4. The summed E-state index contributed by atoms with van der Waals surface area (Å²) in [6, 6.07) is 10.2. The van der Waals surface area contributed by atoms with Gasteiger partial charge in [-0.3, -0.25) is 13.9 Å². The lowest BCUT2D eigenvalue weighted by Crippen LogP contribution is -2.53. The third-order valence-corrected chi connectivity index (χ3v) is 7.61. The van der Waals surface area contributed by atoms with Crippen molar-refractivity contribution in [3.63, 3.8) is 0 Å². The molecule has 2 aromatic rings. The number of rotatable bonds is 11. The monoisotopic (exact) mass is 561 g/mol. The quantitative estimate of drug-likeness (QED) is 0.411. The van der Waals surface area contributed by atoms with Crippen molar-refractivity contribution in [1.29, 1.82) is 0 Å². The summed E-state index contributed by atoms with van der Waals surface area (Å²) in [5.74, 6) is -0.864. The van der Waals surface area contributed by atoms with Crippen LogP contribution in [0.3, 0.4) is 0 Å². The summed E-state index contributed by atoms with van der Waals surface area (Å²) in [6.45, 7) is 5.14. The Kier molecular flexibility index (Phi) is 10.7. The summed E-state index contributed by atoms with van der Waals surface area (Å²) in [7, 11) is -3.84. The lowest BCUT2D eigenvalue weighted by molar-refractivity contribution is -0.140. The number of anilines is 1. The van der Waals surface area contributed by atoms with Gasteiger partial charge in [0.25, 0.3) is 0 Å². The molecule has 0 bridgehead atoms. The molecule has 11 heteroatoms. The molecule has 0 saturated carbocycles. The number of benzene rings is 2. The molecule has 2 atom stereocenters. The molecule has 7 nitrogen and oxygen atoms in total. The molecule has 0 aliphatic heterocycles. The maximum absolute atomic E-state index is 13.6. The van der Waals surface area contributed by atoms with E-state index >= 15 is 0 Å². The van der Waals surface area contributed by atoms with Crippen LogP contribution in [0, 0.1) is 0 Å². The maximum Gasteiger partial charge on any atom is 0.244 e. The molecule has 2 aromatic carbocycles. The molecule has 0 saturated heterocycles. The third-order valence-electron chi connectivity index (χ3n) is 5.50. The number of nitrogens with one attached hydrogen (secondary N) is 1. The first-order chi connectivity index (χ1) is 16.4. The zero-order chi connectivity index (χ0) is 26.3. The van der Waals surface area contributed by atoms with Crippen molar-refractivity contribution in [2.24, 2.45) is 0 Å². The van der Waals surface area contributed by atoms with Crippen molar-refractivity contribution in [3.8, 4) is 0 Å². The largest absolute Gasteiger partial charge is 0.352 e. The SMILES string of the molecule is CC[C@@H](C)NC(=O)[C@@H](CC)N(Cc1ccc(Cl)c(Cl)c1)C(=O)CN(c1cccc(Cl)c1)S(C)(=O)=O. The van der Waals surface area contributed by atoms with Gasteiger partial charge in [-0.1, -0.05) is 60.8 Å². The van der Waals surface area contributed by atoms with Gasteiger partial charge in [0.05, 0.1) is 22.0 Å².